The van der Waals surface area contributed by atoms with Crippen molar-refractivity contribution in [3.63, 3.8) is 0 Å². The molecule has 0 heterocycles. The van der Waals surface area contributed by atoms with Crippen molar-refractivity contribution in [3.8, 4) is 0 Å². The number of alkyl halides is 3. The Kier molecular flexibility index (Phi) is 4.80. The molecular weight excluding hydrogens is 183 g/mol. The zero-order valence-electron chi connectivity index (χ0n) is 7.82. The van der Waals surface area contributed by atoms with Crippen LogP contribution in [0.25, 0.3) is 0 Å². The highest BCUT2D eigenvalue weighted by molar-refractivity contribution is 5.76. The van der Waals surface area contributed by atoms with Gasteiger partial charge in [-0.3, -0.25) is 9.69 Å². The molecule has 1 amide bonds. The minimum atomic E-state index is -4.53. The molecule has 2 nitrogen and oxygen atoms in total. The lowest BCUT2D eigenvalue weighted by molar-refractivity contribution is -0.240. The first-order valence-electron chi connectivity index (χ1n) is 4.30. The first-order valence-corrected chi connectivity index (χ1v) is 4.30. The minimum absolute atomic E-state index is 0.0174. The largest absolute Gasteiger partial charge is 0.487 e. The summed E-state index contributed by atoms with van der Waals surface area (Å²) in [6, 6.07) is 0. The van der Waals surface area contributed by atoms with Crippen molar-refractivity contribution in [3.05, 3.63) is 0 Å². The molecule has 0 aromatic heterocycles. The fourth-order valence-corrected chi connectivity index (χ4v) is 0.900. The molecule has 0 N–H and O–H groups in total. The Labute approximate surface area is 75.7 Å². The van der Waals surface area contributed by atoms with E-state index in [-0.39, 0.29) is 17.9 Å². The van der Waals surface area contributed by atoms with Gasteiger partial charge in [0.2, 0.25) is 5.91 Å². The highest BCUT2D eigenvalue weighted by atomic mass is 19.4. The summed E-state index contributed by atoms with van der Waals surface area (Å²) >= 11 is 0. The molecule has 0 atom stereocenters. The summed E-state index contributed by atoms with van der Waals surface area (Å²) in [5.41, 5.74) is 0. The Bertz CT molecular complexity index is 167. The minimum Gasteiger partial charge on any atom is -0.275 e. The Morgan fingerprint density at radius 3 is 2.15 bits per heavy atom. The van der Waals surface area contributed by atoms with Crippen LogP contribution < -0.4 is 0 Å². The van der Waals surface area contributed by atoms with Crippen LogP contribution in [0.15, 0.2) is 0 Å². The predicted molar refractivity (Wildman–Crippen MR) is 43.0 cm³/mol. The number of amides is 1. The molecule has 0 saturated heterocycles. The molecule has 0 fully saturated rings. The molecule has 0 aliphatic heterocycles. The summed E-state index contributed by atoms with van der Waals surface area (Å²) in [4.78, 5) is 10.9. The van der Waals surface area contributed by atoms with Crippen molar-refractivity contribution in [2.45, 2.75) is 39.4 Å². The van der Waals surface area contributed by atoms with Crippen LogP contribution in [0, 0.1) is 0 Å². The van der Waals surface area contributed by atoms with Crippen LogP contribution in [0.2, 0.25) is 0 Å². The molecule has 0 saturated carbocycles. The maximum absolute atomic E-state index is 12.2. The maximum atomic E-state index is 12.2. The maximum Gasteiger partial charge on any atom is 0.487 e. The monoisotopic (exact) mass is 197 g/mol. The number of unbranched alkanes of at least 4 members (excludes halogenated alkanes) is 1. The lowest BCUT2D eigenvalue weighted by atomic mass is 10.3. The second-order valence-electron chi connectivity index (χ2n) is 2.72. The van der Waals surface area contributed by atoms with Crippen LogP contribution in [-0.2, 0) is 4.79 Å². The molecule has 78 valence electrons. The second kappa shape index (κ2) is 5.09. The van der Waals surface area contributed by atoms with Crippen molar-refractivity contribution in [2.24, 2.45) is 0 Å². The third-order valence-corrected chi connectivity index (χ3v) is 1.64. The van der Waals surface area contributed by atoms with E-state index in [1.54, 1.807) is 6.92 Å². The zero-order chi connectivity index (χ0) is 10.5. The smallest absolute Gasteiger partial charge is 0.275 e. The molecule has 0 radical (unpaired) electrons. The molecular formula is C8H14F3NO. The highest BCUT2D eigenvalue weighted by Gasteiger charge is 2.39. The first-order chi connectivity index (χ1) is 5.93. The molecule has 5 heteroatoms. The topological polar surface area (TPSA) is 20.3 Å². The van der Waals surface area contributed by atoms with Gasteiger partial charge in [-0.2, -0.15) is 0 Å². The van der Waals surface area contributed by atoms with Crippen molar-refractivity contribution >= 4 is 5.91 Å². The number of nitrogens with zero attached hydrogens (tertiary/aromatic N) is 1. The molecule has 0 aromatic rings. The Balaban J connectivity index is 4.28. The van der Waals surface area contributed by atoms with Gasteiger partial charge in [0, 0.05) is 13.0 Å². The van der Waals surface area contributed by atoms with Crippen LogP contribution in [-0.4, -0.2) is 23.7 Å². The molecule has 0 aromatic carbocycles. The third-order valence-electron chi connectivity index (χ3n) is 1.64. The number of carbonyl (C=O) groups is 1. The summed E-state index contributed by atoms with van der Waals surface area (Å²) < 4.78 is 36.6. The highest BCUT2D eigenvalue weighted by Crippen LogP contribution is 2.22. The summed E-state index contributed by atoms with van der Waals surface area (Å²) in [7, 11) is 0. The molecule has 13 heavy (non-hydrogen) atoms. The van der Waals surface area contributed by atoms with Crippen molar-refractivity contribution in [1.29, 1.82) is 0 Å². The molecule has 0 bridgehead atoms. The standard InChI is InChI=1S/C8H14F3NO/c1-3-5-6-12(7(13)4-2)8(9,10)11/h3-6H2,1-2H3. The van der Waals surface area contributed by atoms with Gasteiger partial charge in [0.25, 0.3) is 0 Å². The normalized spacial score (nSPS) is 11.5. The number of carbonyl (C=O) groups excluding carboxylic acids is 1. The van der Waals surface area contributed by atoms with E-state index in [4.69, 9.17) is 0 Å². The van der Waals surface area contributed by atoms with Gasteiger partial charge < -0.3 is 0 Å². The molecule has 0 aliphatic rings. The summed E-state index contributed by atoms with van der Waals surface area (Å²) in [5, 5.41) is 0. The number of hydrogen-bond acceptors (Lipinski definition) is 1. The SMILES string of the molecule is CCCCN(C(=O)CC)C(F)(F)F. The predicted octanol–water partition coefficient (Wildman–Crippen LogP) is 2.54. The van der Waals surface area contributed by atoms with Crippen molar-refractivity contribution in [2.75, 3.05) is 6.54 Å². The van der Waals surface area contributed by atoms with Gasteiger partial charge in [-0.1, -0.05) is 20.3 Å². The number of rotatable bonds is 4. The Morgan fingerprint density at radius 2 is 1.85 bits per heavy atom. The molecule has 0 unspecified atom stereocenters. The van der Waals surface area contributed by atoms with E-state index in [0.29, 0.717) is 12.8 Å². The average Bonchev–Trinajstić information content (AvgIpc) is 2.02. The Hall–Kier alpha value is -0.740. The van der Waals surface area contributed by atoms with E-state index in [1.165, 1.54) is 6.92 Å². The van der Waals surface area contributed by atoms with Gasteiger partial charge >= 0.3 is 6.30 Å². The quantitative estimate of drug-likeness (QED) is 0.634. The lowest BCUT2D eigenvalue weighted by Gasteiger charge is -2.24. The molecule has 0 aliphatic carbocycles. The Morgan fingerprint density at radius 1 is 1.31 bits per heavy atom. The first kappa shape index (κ1) is 12.3. The van der Waals surface area contributed by atoms with Gasteiger partial charge in [0.1, 0.15) is 0 Å². The van der Waals surface area contributed by atoms with Crippen molar-refractivity contribution < 1.29 is 18.0 Å². The molecule has 0 rings (SSSR count). The van der Waals surface area contributed by atoms with Gasteiger partial charge in [0.05, 0.1) is 0 Å². The van der Waals surface area contributed by atoms with Gasteiger partial charge in [0.15, 0.2) is 0 Å². The summed E-state index contributed by atoms with van der Waals surface area (Å²) in [6.07, 6.45) is -3.61. The fourth-order valence-electron chi connectivity index (χ4n) is 0.900. The number of halogens is 3. The van der Waals surface area contributed by atoms with E-state index in [0.717, 1.165) is 0 Å². The van der Waals surface area contributed by atoms with E-state index in [9.17, 15) is 18.0 Å². The number of hydrogen-bond donors (Lipinski definition) is 0. The van der Waals surface area contributed by atoms with E-state index in [2.05, 4.69) is 0 Å². The van der Waals surface area contributed by atoms with Gasteiger partial charge in [-0.15, -0.1) is 13.2 Å². The van der Waals surface area contributed by atoms with Crippen LogP contribution in [0.1, 0.15) is 33.1 Å². The average molecular weight is 197 g/mol. The van der Waals surface area contributed by atoms with E-state index >= 15 is 0 Å². The van der Waals surface area contributed by atoms with E-state index in [1.807, 2.05) is 0 Å². The van der Waals surface area contributed by atoms with Crippen LogP contribution >= 0.6 is 0 Å². The fraction of sp³-hybridized carbons (Fsp3) is 0.875. The van der Waals surface area contributed by atoms with Crippen LogP contribution in [0.3, 0.4) is 0 Å². The summed E-state index contributed by atoms with van der Waals surface area (Å²) in [5.74, 6) is -0.860. The third kappa shape index (κ3) is 4.15. The second-order valence-corrected chi connectivity index (χ2v) is 2.72. The zero-order valence-corrected chi connectivity index (χ0v) is 7.82. The van der Waals surface area contributed by atoms with Crippen molar-refractivity contribution in [1.82, 2.24) is 4.90 Å². The van der Waals surface area contributed by atoms with Crippen LogP contribution in [0.4, 0.5) is 13.2 Å². The van der Waals surface area contributed by atoms with Crippen LogP contribution in [0.5, 0.6) is 0 Å². The summed E-state index contributed by atoms with van der Waals surface area (Å²) in [6.45, 7) is 2.98. The van der Waals surface area contributed by atoms with Gasteiger partial charge in [-0.25, -0.2) is 0 Å². The van der Waals surface area contributed by atoms with E-state index < -0.39 is 12.2 Å². The lowest BCUT2D eigenvalue weighted by Crippen LogP contribution is -2.43. The molecule has 0 spiro atoms. The van der Waals surface area contributed by atoms with Gasteiger partial charge in [-0.05, 0) is 6.42 Å².